The van der Waals surface area contributed by atoms with E-state index >= 15 is 0 Å². The van der Waals surface area contributed by atoms with E-state index in [0.29, 0.717) is 32.5 Å². The van der Waals surface area contributed by atoms with Gasteiger partial charge in [-0.1, -0.05) is 55.5 Å². The molecule has 3 N–H and O–H groups in total. The number of aliphatic carboxylic acids is 1. The minimum absolute atomic E-state index is 0.0408. The fraction of sp³-hybridized carbons (Fsp3) is 0.444. The molecule has 8 heteroatoms. The van der Waals surface area contributed by atoms with Crippen molar-refractivity contribution in [2.24, 2.45) is 0 Å². The number of nitrogens with one attached hydrogen (secondary N) is 2. The number of hydrogen-bond acceptors (Lipinski definition) is 5. The first-order valence-corrected chi connectivity index (χ1v) is 12.1. The van der Waals surface area contributed by atoms with Gasteiger partial charge in [-0.3, -0.25) is 9.59 Å². The zero-order chi connectivity index (χ0) is 24.8. The molecular formula is C27H32N2O6. The summed E-state index contributed by atoms with van der Waals surface area (Å²) in [6.07, 6.45) is 0.746. The van der Waals surface area contributed by atoms with Gasteiger partial charge in [-0.05, 0) is 41.5 Å². The number of amides is 2. The molecule has 2 aromatic carbocycles. The highest BCUT2D eigenvalue weighted by Gasteiger charge is 2.37. The predicted molar refractivity (Wildman–Crippen MR) is 130 cm³/mol. The molecule has 1 aliphatic heterocycles. The average molecular weight is 481 g/mol. The number of ether oxygens (including phenoxy) is 2. The first-order valence-electron chi connectivity index (χ1n) is 12.1. The lowest BCUT2D eigenvalue weighted by atomic mass is 9.86. The smallest absolute Gasteiger partial charge is 0.407 e. The number of alkyl carbamates (subject to hydrolysis) is 1. The Morgan fingerprint density at radius 1 is 1.06 bits per heavy atom. The van der Waals surface area contributed by atoms with E-state index in [-0.39, 0.29) is 31.3 Å². The molecule has 186 valence electrons. The molecule has 8 nitrogen and oxygen atoms in total. The zero-order valence-electron chi connectivity index (χ0n) is 19.9. The highest BCUT2D eigenvalue weighted by Crippen LogP contribution is 2.44. The summed E-state index contributed by atoms with van der Waals surface area (Å²) in [4.78, 5) is 36.7. The van der Waals surface area contributed by atoms with Crippen molar-refractivity contribution >= 4 is 18.0 Å². The topological polar surface area (TPSA) is 114 Å². The summed E-state index contributed by atoms with van der Waals surface area (Å²) in [6, 6.07) is 15.8. The van der Waals surface area contributed by atoms with Crippen molar-refractivity contribution in [3.63, 3.8) is 0 Å². The summed E-state index contributed by atoms with van der Waals surface area (Å²) in [5, 5.41) is 15.0. The average Bonchev–Trinajstić information content (AvgIpc) is 3.16. The van der Waals surface area contributed by atoms with Crippen molar-refractivity contribution in [1.29, 1.82) is 0 Å². The molecule has 0 aromatic heterocycles. The summed E-state index contributed by atoms with van der Waals surface area (Å²) >= 11 is 0. The fourth-order valence-corrected chi connectivity index (χ4v) is 5.07. The molecule has 1 saturated heterocycles. The van der Waals surface area contributed by atoms with Gasteiger partial charge in [-0.25, -0.2) is 4.79 Å². The molecule has 0 bridgehead atoms. The van der Waals surface area contributed by atoms with Crippen LogP contribution in [0.4, 0.5) is 4.79 Å². The Labute approximate surface area is 205 Å². The van der Waals surface area contributed by atoms with Crippen LogP contribution in [0.1, 0.15) is 56.1 Å². The van der Waals surface area contributed by atoms with Crippen LogP contribution in [0.5, 0.6) is 0 Å². The van der Waals surface area contributed by atoms with E-state index < -0.39 is 23.6 Å². The molecule has 2 aromatic rings. The Kier molecular flexibility index (Phi) is 7.70. The largest absolute Gasteiger partial charge is 0.481 e. The number of hydrogen-bond donors (Lipinski definition) is 3. The number of carboxylic acid groups (broad SMARTS) is 1. The molecule has 1 heterocycles. The maximum atomic E-state index is 12.8. The van der Waals surface area contributed by atoms with Gasteiger partial charge in [0.2, 0.25) is 5.91 Å². The molecule has 4 rings (SSSR count). The van der Waals surface area contributed by atoms with Gasteiger partial charge in [-0.15, -0.1) is 0 Å². The summed E-state index contributed by atoms with van der Waals surface area (Å²) in [6.45, 7) is 2.89. The van der Waals surface area contributed by atoms with Gasteiger partial charge in [0.05, 0.1) is 12.0 Å². The van der Waals surface area contributed by atoms with E-state index in [1.807, 2.05) is 31.2 Å². The number of carboxylic acids is 1. The van der Waals surface area contributed by atoms with Crippen LogP contribution in [0.2, 0.25) is 0 Å². The molecule has 1 fully saturated rings. The van der Waals surface area contributed by atoms with Crippen molar-refractivity contribution in [1.82, 2.24) is 10.6 Å². The van der Waals surface area contributed by atoms with Crippen molar-refractivity contribution < 1.29 is 29.0 Å². The van der Waals surface area contributed by atoms with E-state index in [1.165, 1.54) is 0 Å². The molecule has 1 atom stereocenters. The van der Waals surface area contributed by atoms with Gasteiger partial charge in [0.1, 0.15) is 6.61 Å². The van der Waals surface area contributed by atoms with Gasteiger partial charge >= 0.3 is 12.1 Å². The Balaban J connectivity index is 1.33. The van der Waals surface area contributed by atoms with Gasteiger partial charge in [0, 0.05) is 31.6 Å². The van der Waals surface area contributed by atoms with E-state index in [0.717, 1.165) is 22.3 Å². The van der Waals surface area contributed by atoms with E-state index in [1.54, 1.807) is 0 Å². The molecule has 2 aliphatic rings. The van der Waals surface area contributed by atoms with Crippen LogP contribution in [0.15, 0.2) is 48.5 Å². The van der Waals surface area contributed by atoms with Crippen molar-refractivity contribution in [2.75, 3.05) is 19.8 Å². The Morgan fingerprint density at radius 3 is 2.23 bits per heavy atom. The van der Waals surface area contributed by atoms with Crippen LogP contribution in [-0.4, -0.2) is 54.5 Å². The summed E-state index contributed by atoms with van der Waals surface area (Å²) in [5.41, 5.74) is 3.76. The minimum Gasteiger partial charge on any atom is -0.481 e. The van der Waals surface area contributed by atoms with Crippen molar-refractivity contribution in [2.45, 2.75) is 56.5 Å². The summed E-state index contributed by atoms with van der Waals surface area (Å²) < 4.78 is 10.9. The minimum atomic E-state index is -0.962. The van der Waals surface area contributed by atoms with Gasteiger partial charge < -0.3 is 25.2 Å². The van der Waals surface area contributed by atoms with Gasteiger partial charge in [0.15, 0.2) is 0 Å². The summed E-state index contributed by atoms with van der Waals surface area (Å²) in [5.74, 6) is -1.30. The molecule has 2 amide bonds. The lowest BCUT2D eigenvalue weighted by Gasteiger charge is -2.37. The lowest BCUT2D eigenvalue weighted by molar-refractivity contribution is -0.140. The van der Waals surface area contributed by atoms with E-state index in [2.05, 4.69) is 34.9 Å². The monoisotopic (exact) mass is 480 g/mol. The van der Waals surface area contributed by atoms with Crippen LogP contribution in [0.25, 0.3) is 11.1 Å². The van der Waals surface area contributed by atoms with Crippen LogP contribution in [-0.2, 0) is 19.1 Å². The SMILES string of the molecule is CCC(CC(=O)NC1(CC(=O)O)CCOCC1)NC(=O)OCC1c2ccccc2-c2ccccc21. The number of carbonyl (C=O) groups excluding carboxylic acids is 2. The molecule has 0 radical (unpaired) electrons. The maximum absolute atomic E-state index is 12.8. The third-order valence-corrected chi connectivity index (χ3v) is 6.93. The zero-order valence-corrected chi connectivity index (χ0v) is 19.9. The Hall–Kier alpha value is -3.39. The number of carbonyl (C=O) groups is 3. The van der Waals surface area contributed by atoms with Crippen LogP contribution >= 0.6 is 0 Å². The Morgan fingerprint density at radius 2 is 1.66 bits per heavy atom. The van der Waals surface area contributed by atoms with E-state index in [4.69, 9.17) is 9.47 Å². The van der Waals surface area contributed by atoms with Crippen LogP contribution in [0, 0.1) is 0 Å². The standard InChI is InChI=1S/C27H32N2O6/c1-2-18(15-24(30)29-27(16-25(31)32)11-13-34-14-12-27)28-26(33)35-17-23-21-9-5-3-7-19(21)20-8-4-6-10-22(20)23/h3-10,18,23H,2,11-17H2,1H3,(H,28,33)(H,29,30)(H,31,32). The lowest BCUT2D eigenvalue weighted by Crippen LogP contribution is -2.54. The van der Waals surface area contributed by atoms with Gasteiger partial charge in [0.25, 0.3) is 0 Å². The number of fused-ring (bicyclic) bond motifs is 3. The second kappa shape index (κ2) is 10.9. The quantitative estimate of drug-likeness (QED) is 0.503. The molecular weight excluding hydrogens is 448 g/mol. The molecule has 1 unspecified atom stereocenters. The van der Waals surface area contributed by atoms with Crippen LogP contribution in [0.3, 0.4) is 0 Å². The van der Waals surface area contributed by atoms with Crippen molar-refractivity contribution in [3.05, 3.63) is 59.7 Å². The third-order valence-electron chi connectivity index (χ3n) is 6.93. The highest BCUT2D eigenvalue weighted by atomic mass is 16.5. The predicted octanol–water partition coefficient (Wildman–Crippen LogP) is 3.83. The van der Waals surface area contributed by atoms with E-state index in [9.17, 15) is 19.5 Å². The van der Waals surface area contributed by atoms with Gasteiger partial charge in [-0.2, -0.15) is 0 Å². The summed E-state index contributed by atoms with van der Waals surface area (Å²) in [7, 11) is 0. The van der Waals surface area contributed by atoms with Crippen molar-refractivity contribution in [3.8, 4) is 11.1 Å². The molecule has 0 spiro atoms. The Bertz CT molecular complexity index is 1030. The molecule has 0 saturated carbocycles. The first-order chi connectivity index (χ1) is 16.9. The number of rotatable bonds is 9. The second-order valence-electron chi connectivity index (χ2n) is 9.29. The molecule has 35 heavy (non-hydrogen) atoms. The molecule has 1 aliphatic carbocycles. The second-order valence-corrected chi connectivity index (χ2v) is 9.29. The first kappa shape index (κ1) is 24.7. The number of benzene rings is 2. The maximum Gasteiger partial charge on any atom is 0.407 e. The normalized spacial score (nSPS) is 17.1. The third kappa shape index (κ3) is 5.82. The highest BCUT2D eigenvalue weighted by molar-refractivity contribution is 5.80. The fourth-order valence-electron chi connectivity index (χ4n) is 5.07. The van der Waals surface area contributed by atoms with Crippen LogP contribution < -0.4 is 10.6 Å².